The van der Waals surface area contributed by atoms with Crippen molar-refractivity contribution in [3.63, 3.8) is 0 Å². The molecule has 68 valence electrons. The van der Waals surface area contributed by atoms with Crippen LogP contribution in [0.25, 0.3) is 0 Å². The highest BCUT2D eigenvalue weighted by molar-refractivity contribution is 5.26. The van der Waals surface area contributed by atoms with Gasteiger partial charge in [0, 0.05) is 5.92 Å². The summed E-state index contributed by atoms with van der Waals surface area (Å²) in [5, 5.41) is 9.35. The van der Waals surface area contributed by atoms with E-state index in [1.54, 1.807) is 0 Å². The van der Waals surface area contributed by atoms with E-state index in [1.807, 2.05) is 0 Å². The standard InChI is InChI=1S/C10H16O2/c1-7-5-12-10(6-11)8(2)3-4-9(7)10/h3,7,9,11H,4-6H2,1-2H3/t7-,9+,10+/m0/s1. The Morgan fingerprint density at radius 3 is 3.08 bits per heavy atom. The first kappa shape index (κ1) is 8.27. The van der Waals surface area contributed by atoms with Crippen molar-refractivity contribution < 1.29 is 9.84 Å². The van der Waals surface area contributed by atoms with Gasteiger partial charge in [0.2, 0.25) is 0 Å². The summed E-state index contributed by atoms with van der Waals surface area (Å²) in [4.78, 5) is 0. The molecule has 2 nitrogen and oxygen atoms in total. The molecule has 0 unspecified atom stereocenters. The fourth-order valence-electron chi connectivity index (χ4n) is 2.56. The number of rotatable bonds is 1. The fourth-order valence-corrected chi connectivity index (χ4v) is 2.56. The van der Waals surface area contributed by atoms with E-state index in [-0.39, 0.29) is 12.2 Å². The minimum absolute atomic E-state index is 0.143. The van der Waals surface area contributed by atoms with E-state index < -0.39 is 0 Å². The number of allylic oxidation sites excluding steroid dienone is 1. The van der Waals surface area contributed by atoms with E-state index in [2.05, 4.69) is 19.9 Å². The molecule has 0 radical (unpaired) electrons. The van der Waals surface area contributed by atoms with Gasteiger partial charge in [0.05, 0.1) is 13.2 Å². The average Bonchev–Trinajstić information content (AvgIpc) is 2.55. The molecule has 0 saturated carbocycles. The molecule has 1 saturated heterocycles. The number of aliphatic hydroxyl groups is 1. The monoisotopic (exact) mass is 168 g/mol. The summed E-state index contributed by atoms with van der Waals surface area (Å²) in [5.41, 5.74) is 0.915. The first-order chi connectivity index (χ1) is 5.70. The summed E-state index contributed by atoms with van der Waals surface area (Å²) < 4.78 is 5.72. The summed E-state index contributed by atoms with van der Waals surface area (Å²) in [6.07, 6.45) is 3.28. The highest BCUT2D eigenvalue weighted by Gasteiger charge is 2.51. The number of hydrogen-bond donors (Lipinski definition) is 1. The van der Waals surface area contributed by atoms with Crippen molar-refractivity contribution in [1.29, 1.82) is 0 Å². The van der Waals surface area contributed by atoms with Crippen LogP contribution < -0.4 is 0 Å². The largest absolute Gasteiger partial charge is 0.393 e. The Balaban J connectivity index is 2.31. The molecule has 1 aliphatic heterocycles. The van der Waals surface area contributed by atoms with E-state index in [0.717, 1.165) is 13.0 Å². The minimum atomic E-state index is -0.306. The Labute approximate surface area is 73.2 Å². The van der Waals surface area contributed by atoms with E-state index in [9.17, 15) is 5.11 Å². The molecular weight excluding hydrogens is 152 g/mol. The molecular formula is C10H16O2. The zero-order valence-corrected chi connectivity index (χ0v) is 7.71. The van der Waals surface area contributed by atoms with Gasteiger partial charge in [-0.3, -0.25) is 0 Å². The Kier molecular flexibility index (Phi) is 1.77. The van der Waals surface area contributed by atoms with Gasteiger partial charge >= 0.3 is 0 Å². The van der Waals surface area contributed by atoms with Crippen molar-refractivity contribution in [1.82, 2.24) is 0 Å². The molecule has 0 aromatic carbocycles. The molecule has 2 rings (SSSR count). The molecule has 3 atom stereocenters. The fraction of sp³-hybridized carbons (Fsp3) is 0.800. The summed E-state index contributed by atoms with van der Waals surface area (Å²) >= 11 is 0. The van der Waals surface area contributed by atoms with Crippen molar-refractivity contribution in [2.75, 3.05) is 13.2 Å². The van der Waals surface area contributed by atoms with Crippen LogP contribution in [0, 0.1) is 11.8 Å². The molecule has 0 aromatic heterocycles. The molecule has 2 heteroatoms. The third-order valence-corrected chi connectivity index (χ3v) is 3.47. The maximum atomic E-state index is 9.35. The van der Waals surface area contributed by atoms with E-state index in [1.165, 1.54) is 5.57 Å². The zero-order valence-electron chi connectivity index (χ0n) is 7.71. The minimum Gasteiger partial charge on any atom is -0.393 e. The molecule has 1 N–H and O–H groups in total. The van der Waals surface area contributed by atoms with Crippen molar-refractivity contribution in [3.05, 3.63) is 11.6 Å². The van der Waals surface area contributed by atoms with Gasteiger partial charge in [-0.25, -0.2) is 0 Å². The highest BCUT2D eigenvalue weighted by atomic mass is 16.5. The van der Waals surface area contributed by atoms with Gasteiger partial charge in [0.25, 0.3) is 0 Å². The number of hydrogen-bond acceptors (Lipinski definition) is 2. The maximum Gasteiger partial charge on any atom is 0.115 e. The molecule has 1 aliphatic carbocycles. The summed E-state index contributed by atoms with van der Waals surface area (Å²) in [6, 6.07) is 0. The van der Waals surface area contributed by atoms with Gasteiger partial charge in [-0.1, -0.05) is 13.0 Å². The van der Waals surface area contributed by atoms with Crippen molar-refractivity contribution in [3.8, 4) is 0 Å². The number of ether oxygens (including phenoxy) is 1. The smallest absolute Gasteiger partial charge is 0.115 e. The van der Waals surface area contributed by atoms with Crippen LogP contribution in [0.3, 0.4) is 0 Å². The van der Waals surface area contributed by atoms with Crippen LogP contribution in [0.4, 0.5) is 0 Å². The van der Waals surface area contributed by atoms with Gasteiger partial charge < -0.3 is 9.84 Å². The Bertz CT molecular complexity index is 222. The summed E-state index contributed by atoms with van der Waals surface area (Å²) in [5.74, 6) is 1.10. The van der Waals surface area contributed by atoms with Gasteiger partial charge in [-0.15, -0.1) is 0 Å². The molecule has 0 spiro atoms. The number of aliphatic hydroxyl groups excluding tert-OH is 1. The molecule has 1 heterocycles. The van der Waals surface area contributed by atoms with Crippen LogP contribution in [0.15, 0.2) is 11.6 Å². The quantitative estimate of drug-likeness (QED) is 0.599. The highest BCUT2D eigenvalue weighted by Crippen LogP contribution is 2.47. The molecule has 0 amide bonds. The third-order valence-electron chi connectivity index (χ3n) is 3.47. The molecule has 0 bridgehead atoms. The predicted octanol–water partition coefficient (Wildman–Crippen LogP) is 1.35. The van der Waals surface area contributed by atoms with Crippen LogP contribution in [-0.2, 0) is 4.74 Å². The van der Waals surface area contributed by atoms with E-state index >= 15 is 0 Å². The Morgan fingerprint density at radius 2 is 2.50 bits per heavy atom. The van der Waals surface area contributed by atoms with Crippen molar-refractivity contribution in [2.24, 2.45) is 11.8 Å². The van der Waals surface area contributed by atoms with Crippen LogP contribution in [0.1, 0.15) is 20.3 Å². The molecule has 12 heavy (non-hydrogen) atoms. The maximum absolute atomic E-state index is 9.35. The van der Waals surface area contributed by atoms with Crippen LogP contribution in [0.2, 0.25) is 0 Å². The lowest BCUT2D eigenvalue weighted by molar-refractivity contribution is -0.0255. The summed E-state index contributed by atoms with van der Waals surface area (Å²) in [6.45, 7) is 5.21. The molecule has 2 aliphatic rings. The second-order valence-electron chi connectivity index (χ2n) is 4.07. The molecule has 0 aromatic rings. The summed E-state index contributed by atoms with van der Waals surface area (Å²) in [7, 11) is 0. The van der Waals surface area contributed by atoms with Crippen LogP contribution in [-0.4, -0.2) is 23.9 Å². The lowest BCUT2D eigenvalue weighted by Crippen LogP contribution is -2.38. The van der Waals surface area contributed by atoms with Crippen LogP contribution in [0.5, 0.6) is 0 Å². The van der Waals surface area contributed by atoms with Crippen LogP contribution >= 0.6 is 0 Å². The Morgan fingerprint density at radius 1 is 1.75 bits per heavy atom. The van der Waals surface area contributed by atoms with E-state index in [0.29, 0.717) is 11.8 Å². The Hall–Kier alpha value is -0.340. The molecule has 1 fully saturated rings. The topological polar surface area (TPSA) is 29.5 Å². The van der Waals surface area contributed by atoms with Crippen molar-refractivity contribution >= 4 is 0 Å². The normalized spacial score (nSPS) is 46.1. The van der Waals surface area contributed by atoms with Gasteiger partial charge in [-0.2, -0.15) is 0 Å². The van der Waals surface area contributed by atoms with E-state index in [4.69, 9.17) is 4.74 Å². The lowest BCUT2D eigenvalue weighted by Gasteiger charge is -2.29. The number of fused-ring (bicyclic) bond motifs is 1. The first-order valence-electron chi connectivity index (χ1n) is 4.63. The second kappa shape index (κ2) is 2.57. The first-order valence-corrected chi connectivity index (χ1v) is 4.63. The van der Waals surface area contributed by atoms with Gasteiger partial charge in [-0.05, 0) is 24.8 Å². The average molecular weight is 168 g/mol. The lowest BCUT2D eigenvalue weighted by atomic mass is 9.82. The second-order valence-corrected chi connectivity index (χ2v) is 4.07. The van der Waals surface area contributed by atoms with Gasteiger partial charge in [0.15, 0.2) is 0 Å². The SMILES string of the molecule is CC1=CC[C@@H]2[C@@H](C)CO[C@]12CO. The zero-order chi connectivity index (χ0) is 8.77. The van der Waals surface area contributed by atoms with Crippen molar-refractivity contribution in [2.45, 2.75) is 25.9 Å². The van der Waals surface area contributed by atoms with Gasteiger partial charge in [0.1, 0.15) is 5.60 Å². The predicted molar refractivity (Wildman–Crippen MR) is 46.8 cm³/mol. The third kappa shape index (κ3) is 0.824.